The second kappa shape index (κ2) is 6.70. The number of carbonyl (C=O) groups is 2. The van der Waals surface area contributed by atoms with E-state index < -0.39 is 11.9 Å². The van der Waals surface area contributed by atoms with Gasteiger partial charge in [0.25, 0.3) is 5.91 Å². The molecule has 7 heteroatoms. The smallest absolute Gasteiger partial charge is 0.339 e. The Kier molecular flexibility index (Phi) is 4.90. The van der Waals surface area contributed by atoms with Crippen molar-refractivity contribution in [1.82, 2.24) is 0 Å². The van der Waals surface area contributed by atoms with Gasteiger partial charge in [0.05, 0.1) is 12.7 Å². The van der Waals surface area contributed by atoms with Crippen molar-refractivity contribution in [2.45, 2.75) is 6.92 Å². The largest absolute Gasteiger partial charge is 0.507 e. The number of ether oxygens (including phenoxy) is 1. The van der Waals surface area contributed by atoms with Crippen molar-refractivity contribution in [2.24, 2.45) is 0 Å². The summed E-state index contributed by atoms with van der Waals surface area (Å²) in [6, 6.07) is 7.67. The summed E-state index contributed by atoms with van der Waals surface area (Å²) in [4.78, 5) is 23.5. The van der Waals surface area contributed by atoms with E-state index in [0.29, 0.717) is 21.3 Å². The molecule has 0 aliphatic rings. The number of methoxy groups -OCH3 is 1. The number of carboxylic acids is 1. The van der Waals surface area contributed by atoms with Gasteiger partial charge in [0.2, 0.25) is 0 Å². The molecule has 0 atom stereocenters. The number of aromatic carboxylic acids is 1. The molecule has 0 unspecified atom stereocenters. The quantitative estimate of drug-likeness (QED) is 0.707. The maximum Gasteiger partial charge on any atom is 0.339 e. The Hall–Kier alpha value is -2.54. The molecule has 0 aliphatic heterocycles. The molecule has 23 heavy (non-hydrogen) atoms. The summed E-state index contributed by atoms with van der Waals surface area (Å²) in [5.74, 6) is -1.67. The standard InChI is InChI=1S/C16H14BrNO5/c1-8-5-10(7-12(14(8)19)16(21)22)18-15(20)11-6-9(17)3-4-13(11)23-2/h3-7,19H,1-2H3,(H,18,20)(H,21,22). The molecule has 0 aliphatic carbocycles. The summed E-state index contributed by atoms with van der Waals surface area (Å²) in [7, 11) is 1.45. The third-order valence-corrected chi connectivity index (χ3v) is 3.69. The van der Waals surface area contributed by atoms with Crippen LogP contribution in [-0.4, -0.2) is 29.2 Å². The predicted molar refractivity (Wildman–Crippen MR) is 88.5 cm³/mol. The molecular weight excluding hydrogens is 366 g/mol. The minimum Gasteiger partial charge on any atom is -0.507 e. The molecule has 0 saturated heterocycles. The molecule has 0 bridgehead atoms. The molecule has 2 rings (SSSR count). The number of hydrogen-bond donors (Lipinski definition) is 3. The van der Waals surface area contributed by atoms with Crippen molar-refractivity contribution in [3.05, 3.63) is 51.5 Å². The zero-order valence-corrected chi connectivity index (χ0v) is 14.0. The Morgan fingerprint density at radius 2 is 1.87 bits per heavy atom. The summed E-state index contributed by atoms with van der Waals surface area (Å²) < 4.78 is 5.85. The van der Waals surface area contributed by atoms with Gasteiger partial charge in [0, 0.05) is 10.2 Å². The van der Waals surface area contributed by atoms with Gasteiger partial charge in [-0.2, -0.15) is 0 Å². The monoisotopic (exact) mass is 379 g/mol. The van der Waals surface area contributed by atoms with E-state index in [-0.39, 0.29) is 17.0 Å². The Balaban J connectivity index is 2.38. The summed E-state index contributed by atoms with van der Waals surface area (Å²) in [5, 5.41) is 21.4. The fourth-order valence-electron chi connectivity index (χ4n) is 2.07. The number of carboxylic acid groups (broad SMARTS) is 1. The van der Waals surface area contributed by atoms with Crippen LogP contribution in [0.15, 0.2) is 34.8 Å². The molecule has 0 spiro atoms. The van der Waals surface area contributed by atoms with E-state index in [2.05, 4.69) is 21.2 Å². The van der Waals surface area contributed by atoms with Crippen LogP contribution >= 0.6 is 15.9 Å². The number of phenols is 1. The SMILES string of the molecule is COc1ccc(Br)cc1C(=O)Nc1cc(C)c(O)c(C(=O)O)c1. The Labute approximate surface area is 140 Å². The number of rotatable bonds is 4. The molecular formula is C16H14BrNO5. The molecule has 0 fully saturated rings. The lowest BCUT2D eigenvalue weighted by atomic mass is 10.1. The number of nitrogens with one attached hydrogen (secondary N) is 1. The summed E-state index contributed by atoms with van der Waals surface area (Å²) in [6.45, 7) is 1.55. The Morgan fingerprint density at radius 3 is 2.48 bits per heavy atom. The van der Waals surface area contributed by atoms with E-state index in [9.17, 15) is 14.7 Å². The van der Waals surface area contributed by atoms with Crippen molar-refractivity contribution in [3.8, 4) is 11.5 Å². The summed E-state index contributed by atoms with van der Waals surface area (Å²) >= 11 is 3.28. The van der Waals surface area contributed by atoms with Crippen LogP contribution in [0.25, 0.3) is 0 Å². The average molecular weight is 380 g/mol. The topological polar surface area (TPSA) is 95.9 Å². The van der Waals surface area contributed by atoms with Gasteiger partial charge in [-0.25, -0.2) is 4.79 Å². The van der Waals surface area contributed by atoms with E-state index in [1.807, 2.05) is 0 Å². The summed E-state index contributed by atoms with van der Waals surface area (Å²) in [6.07, 6.45) is 0. The first-order valence-electron chi connectivity index (χ1n) is 6.55. The van der Waals surface area contributed by atoms with Crippen LogP contribution in [0.5, 0.6) is 11.5 Å². The van der Waals surface area contributed by atoms with Gasteiger partial charge < -0.3 is 20.3 Å². The normalized spacial score (nSPS) is 10.2. The molecule has 1 amide bonds. The lowest BCUT2D eigenvalue weighted by Gasteiger charge is -2.12. The fraction of sp³-hybridized carbons (Fsp3) is 0.125. The van der Waals surface area contributed by atoms with Crippen LogP contribution in [0.1, 0.15) is 26.3 Å². The van der Waals surface area contributed by atoms with Crippen molar-refractivity contribution < 1.29 is 24.5 Å². The van der Waals surface area contributed by atoms with Gasteiger partial charge >= 0.3 is 5.97 Å². The highest BCUT2D eigenvalue weighted by Gasteiger charge is 2.17. The first-order chi connectivity index (χ1) is 10.8. The van der Waals surface area contributed by atoms with Crippen LogP contribution in [0.4, 0.5) is 5.69 Å². The maximum absolute atomic E-state index is 12.4. The van der Waals surface area contributed by atoms with Gasteiger partial charge in [0.1, 0.15) is 17.1 Å². The van der Waals surface area contributed by atoms with Crippen LogP contribution in [0.2, 0.25) is 0 Å². The minimum absolute atomic E-state index is 0.268. The highest BCUT2D eigenvalue weighted by Crippen LogP contribution is 2.28. The molecule has 6 nitrogen and oxygen atoms in total. The number of aryl methyl sites for hydroxylation is 1. The third kappa shape index (κ3) is 3.62. The van der Waals surface area contributed by atoms with Crippen molar-refractivity contribution >= 4 is 33.5 Å². The van der Waals surface area contributed by atoms with Crippen molar-refractivity contribution in [3.63, 3.8) is 0 Å². The average Bonchev–Trinajstić information content (AvgIpc) is 2.50. The van der Waals surface area contributed by atoms with E-state index in [1.165, 1.54) is 19.2 Å². The third-order valence-electron chi connectivity index (χ3n) is 3.19. The Morgan fingerprint density at radius 1 is 1.17 bits per heavy atom. The number of aromatic hydroxyl groups is 1. The lowest BCUT2D eigenvalue weighted by Crippen LogP contribution is -2.14. The molecule has 2 aromatic carbocycles. The second-order valence-electron chi connectivity index (χ2n) is 4.79. The number of benzene rings is 2. The van der Waals surface area contributed by atoms with Crippen molar-refractivity contribution in [2.75, 3.05) is 12.4 Å². The lowest BCUT2D eigenvalue weighted by molar-refractivity contribution is 0.0693. The van der Waals surface area contributed by atoms with Gasteiger partial charge in [-0.1, -0.05) is 15.9 Å². The zero-order valence-electron chi connectivity index (χ0n) is 12.4. The van der Waals surface area contributed by atoms with Gasteiger partial charge in [0.15, 0.2) is 0 Å². The number of halogens is 1. The first-order valence-corrected chi connectivity index (χ1v) is 7.34. The van der Waals surface area contributed by atoms with Crippen LogP contribution < -0.4 is 10.1 Å². The zero-order chi connectivity index (χ0) is 17.1. The highest BCUT2D eigenvalue weighted by molar-refractivity contribution is 9.10. The van der Waals surface area contributed by atoms with Gasteiger partial charge in [-0.3, -0.25) is 4.79 Å². The summed E-state index contributed by atoms with van der Waals surface area (Å²) in [5.41, 5.74) is 0.636. The Bertz CT molecular complexity index is 788. The molecule has 3 N–H and O–H groups in total. The van der Waals surface area contributed by atoms with Crippen LogP contribution in [-0.2, 0) is 0 Å². The number of amides is 1. The molecule has 120 valence electrons. The molecule has 0 heterocycles. The highest BCUT2D eigenvalue weighted by atomic mass is 79.9. The number of hydrogen-bond acceptors (Lipinski definition) is 4. The van der Waals surface area contributed by atoms with E-state index in [0.717, 1.165) is 0 Å². The van der Waals surface area contributed by atoms with Crippen molar-refractivity contribution in [1.29, 1.82) is 0 Å². The van der Waals surface area contributed by atoms with Crippen LogP contribution in [0, 0.1) is 6.92 Å². The van der Waals surface area contributed by atoms with Gasteiger partial charge in [-0.15, -0.1) is 0 Å². The fourth-order valence-corrected chi connectivity index (χ4v) is 2.43. The maximum atomic E-state index is 12.4. The molecule has 0 aromatic heterocycles. The van der Waals surface area contributed by atoms with E-state index in [1.54, 1.807) is 25.1 Å². The molecule has 2 aromatic rings. The van der Waals surface area contributed by atoms with E-state index in [4.69, 9.17) is 9.84 Å². The first kappa shape index (κ1) is 16.8. The molecule has 0 saturated carbocycles. The van der Waals surface area contributed by atoms with Crippen LogP contribution in [0.3, 0.4) is 0 Å². The van der Waals surface area contributed by atoms with E-state index >= 15 is 0 Å². The number of anilines is 1. The minimum atomic E-state index is -1.28. The second-order valence-corrected chi connectivity index (χ2v) is 5.71. The predicted octanol–water partition coefficient (Wildman–Crippen LogP) is 3.42. The van der Waals surface area contributed by atoms with Gasteiger partial charge in [-0.05, 0) is 42.8 Å². The molecule has 0 radical (unpaired) electrons. The number of carbonyl (C=O) groups excluding carboxylic acids is 1.